The van der Waals surface area contributed by atoms with E-state index in [0.717, 1.165) is 12.5 Å². The summed E-state index contributed by atoms with van der Waals surface area (Å²) in [5.41, 5.74) is 0. The number of likely N-dealkylation sites (N-methyl/N-ethyl adjacent to an activating group) is 1. The molecule has 1 fully saturated rings. The average Bonchev–Trinajstić information content (AvgIpc) is 2.52. The maximum absolute atomic E-state index is 11.8. The Balaban J connectivity index is 2.15. The number of amides is 3. The number of hydrogen-bond acceptors (Lipinski definition) is 2. The number of hydrogen-bond donors (Lipinski definition) is 2. The average molecular weight is 297 g/mol. The van der Waals surface area contributed by atoms with Gasteiger partial charge in [-0.05, 0) is 38.5 Å². The fourth-order valence-corrected chi connectivity index (χ4v) is 2.99. The minimum atomic E-state index is -0.229. The summed E-state index contributed by atoms with van der Waals surface area (Å²) in [6, 6.07) is -0.229. The molecule has 0 heterocycles. The Morgan fingerprint density at radius 2 is 1.52 bits per heavy atom. The van der Waals surface area contributed by atoms with E-state index < -0.39 is 0 Å². The van der Waals surface area contributed by atoms with Crippen molar-refractivity contribution in [1.82, 2.24) is 15.5 Å². The first kappa shape index (κ1) is 17.8. The summed E-state index contributed by atoms with van der Waals surface area (Å²) < 4.78 is 0. The van der Waals surface area contributed by atoms with Crippen LogP contribution in [-0.2, 0) is 4.79 Å². The fourth-order valence-electron chi connectivity index (χ4n) is 2.99. The first-order valence-corrected chi connectivity index (χ1v) is 8.40. The molecule has 3 amide bonds. The topological polar surface area (TPSA) is 61.4 Å². The molecular formula is C16H31N3O2. The molecule has 2 N–H and O–H groups in total. The molecule has 5 heteroatoms. The van der Waals surface area contributed by atoms with Crippen molar-refractivity contribution in [3.05, 3.63) is 0 Å². The minimum absolute atomic E-state index is 0.0291. The third-order valence-corrected chi connectivity index (χ3v) is 4.61. The van der Waals surface area contributed by atoms with E-state index in [-0.39, 0.29) is 18.5 Å². The van der Waals surface area contributed by atoms with Gasteiger partial charge in [0.15, 0.2) is 0 Å². The lowest BCUT2D eigenvalue weighted by molar-refractivity contribution is -0.129. The van der Waals surface area contributed by atoms with Crippen molar-refractivity contribution < 1.29 is 9.59 Å². The molecule has 0 unspecified atom stereocenters. The molecular weight excluding hydrogens is 266 g/mol. The van der Waals surface area contributed by atoms with Crippen LogP contribution in [0, 0.1) is 11.8 Å². The SMILES string of the molecule is CCC1CCC(CNC(=O)NCC(=O)N(CC)CC)CC1. The molecule has 0 aliphatic heterocycles. The van der Waals surface area contributed by atoms with Crippen LogP contribution >= 0.6 is 0 Å². The molecule has 1 aliphatic rings. The van der Waals surface area contributed by atoms with Crippen molar-refractivity contribution >= 4 is 11.9 Å². The Morgan fingerprint density at radius 3 is 2.05 bits per heavy atom. The van der Waals surface area contributed by atoms with Gasteiger partial charge in [0.2, 0.25) is 5.91 Å². The Bertz CT molecular complexity index is 321. The van der Waals surface area contributed by atoms with Crippen LogP contribution in [0.3, 0.4) is 0 Å². The summed E-state index contributed by atoms with van der Waals surface area (Å²) in [4.78, 5) is 25.2. The van der Waals surface area contributed by atoms with Gasteiger partial charge in [-0.1, -0.05) is 26.2 Å². The van der Waals surface area contributed by atoms with Crippen molar-refractivity contribution in [2.24, 2.45) is 11.8 Å². The van der Waals surface area contributed by atoms with Gasteiger partial charge in [-0.15, -0.1) is 0 Å². The summed E-state index contributed by atoms with van der Waals surface area (Å²) in [7, 11) is 0. The number of carbonyl (C=O) groups is 2. The van der Waals surface area contributed by atoms with E-state index in [9.17, 15) is 9.59 Å². The second-order valence-electron chi connectivity index (χ2n) is 5.92. The third-order valence-electron chi connectivity index (χ3n) is 4.61. The van der Waals surface area contributed by atoms with Crippen LogP contribution in [-0.4, -0.2) is 43.0 Å². The Labute approximate surface area is 128 Å². The second kappa shape index (κ2) is 9.64. The maximum atomic E-state index is 11.8. The molecule has 0 aromatic carbocycles. The summed E-state index contributed by atoms with van der Waals surface area (Å²) >= 11 is 0. The van der Waals surface area contributed by atoms with Gasteiger partial charge < -0.3 is 15.5 Å². The molecule has 5 nitrogen and oxygen atoms in total. The second-order valence-corrected chi connectivity index (χ2v) is 5.92. The van der Waals surface area contributed by atoms with Gasteiger partial charge >= 0.3 is 6.03 Å². The standard InChI is InChI=1S/C16H31N3O2/c1-4-13-7-9-14(10-8-13)11-17-16(21)18-12-15(20)19(5-2)6-3/h13-14H,4-12H2,1-3H3,(H2,17,18,21). The van der Waals surface area contributed by atoms with Crippen LogP contribution in [0.1, 0.15) is 52.9 Å². The number of nitrogens with one attached hydrogen (secondary N) is 2. The minimum Gasteiger partial charge on any atom is -0.342 e. The number of carbonyl (C=O) groups excluding carboxylic acids is 2. The zero-order valence-corrected chi connectivity index (χ0v) is 13.8. The molecule has 0 saturated heterocycles. The fraction of sp³-hybridized carbons (Fsp3) is 0.875. The van der Waals surface area contributed by atoms with E-state index in [2.05, 4.69) is 17.6 Å². The summed E-state index contributed by atoms with van der Waals surface area (Å²) in [5, 5.41) is 5.54. The summed E-state index contributed by atoms with van der Waals surface area (Å²) in [6.07, 6.45) is 6.25. The molecule has 0 aromatic heterocycles. The van der Waals surface area contributed by atoms with Crippen LogP contribution in [0.25, 0.3) is 0 Å². The van der Waals surface area contributed by atoms with Crippen LogP contribution in [0.15, 0.2) is 0 Å². The molecule has 122 valence electrons. The first-order chi connectivity index (χ1) is 10.1. The van der Waals surface area contributed by atoms with E-state index in [0.29, 0.717) is 19.0 Å². The molecule has 0 bridgehead atoms. The van der Waals surface area contributed by atoms with Crippen LogP contribution in [0.5, 0.6) is 0 Å². The number of nitrogens with zero attached hydrogens (tertiary/aromatic N) is 1. The molecule has 1 saturated carbocycles. The lowest BCUT2D eigenvalue weighted by Crippen LogP contribution is -2.44. The molecule has 1 rings (SSSR count). The number of rotatable bonds is 7. The Kier molecular flexibility index (Phi) is 8.16. The van der Waals surface area contributed by atoms with E-state index in [1.54, 1.807) is 4.90 Å². The smallest absolute Gasteiger partial charge is 0.315 e. The Hall–Kier alpha value is -1.26. The van der Waals surface area contributed by atoms with Gasteiger partial charge in [0, 0.05) is 19.6 Å². The quantitative estimate of drug-likeness (QED) is 0.758. The van der Waals surface area contributed by atoms with Gasteiger partial charge in [-0.2, -0.15) is 0 Å². The monoisotopic (exact) mass is 297 g/mol. The summed E-state index contributed by atoms with van der Waals surface area (Å²) in [5.74, 6) is 1.44. The van der Waals surface area contributed by atoms with Gasteiger partial charge in [0.25, 0.3) is 0 Å². The normalized spacial score (nSPS) is 21.7. The zero-order chi connectivity index (χ0) is 15.7. The van der Waals surface area contributed by atoms with Gasteiger partial charge in [-0.25, -0.2) is 4.79 Å². The molecule has 1 aliphatic carbocycles. The number of urea groups is 1. The maximum Gasteiger partial charge on any atom is 0.315 e. The summed E-state index contributed by atoms with van der Waals surface area (Å²) in [6.45, 7) is 8.29. The predicted octanol–water partition coefficient (Wildman–Crippen LogP) is 2.37. The van der Waals surface area contributed by atoms with Crippen molar-refractivity contribution in [3.8, 4) is 0 Å². The largest absolute Gasteiger partial charge is 0.342 e. The molecule has 0 radical (unpaired) electrons. The van der Waals surface area contributed by atoms with Gasteiger partial charge in [-0.3, -0.25) is 4.79 Å². The van der Waals surface area contributed by atoms with Crippen LogP contribution in [0.4, 0.5) is 4.79 Å². The van der Waals surface area contributed by atoms with E-state index in [4.69, 9.17) is 0 Å². The Morgan fingerprint density at radius 1 is 0.952 bits per heavy atom. The van der Waals surface area contributed by atoms with Crippen LogP contribution < -0.4 is 10.6 Å². The van der Waals surface area contributed by atoms with Crippen molar-refractivity contribution in [2.75, 3.05) is 26.2 Å². The van der Waals surface area contributed by atoms with E-state index >= 15 is 0 Å². The lowest BCUT2D eigenvalue weighted by atomic mass is 9.81. The molecule has 0 atom stereocenters. The van der Waals surface area contributed by atoms with Gasteiger partial charge in [0.05, 0.1) is 6.54 Å². The highest BCUT2D eigenvalue weighted by atomic mass is 16.2. The molecule has 21 heavy (non-hydrogen) atoms. The molecule has 0 aromatic rings. The van der Waals surface area contributed by atoms with Crippen LogP contribution in [0.2, 0.25) is 0 Å². The molecule has 0 spiro atoms. The van der Waals surface area contributed by atoms with Gasteiger partial charge in [0.1, 0.15) is 0 Å². The van der Waals surface area contributed by atoms with E-state index in [1.807, 2.05) is 13.8 Å². The lowest BCUT2D eigenvalue weighted by Gasteiger charge is -2.27. The zero-order valence-electron chi connectivity index (χ0n) is 13.8. The van der Waals surface area contributed by atoms with Crippen molar-refractivity contribution in [2.45, 2.75) is 52.9 Å². The predicted molar refractivity (Wildman–Crippen MR) is 85.1 cm³/mol. The highest BCUT2D eigenvalue weighted by Gasteiger charge is 2.20. The van der Waals surface area contributed by atoms with E-state index in [1.165, 1.54) is 32.1 Å². The van der Waals surface area contributed by atoms with Crippen molar-refractivity contribution in [3.63, 3.8) is 0 Å². The highest BCUT2D eigenvalue weighted by Crippen LogP contribution is 2.29. The first-order valence-electron chi connectivity index (χ1n) is 8.40. The van der Waals surface area contributed by atoms with Crippen molar-refractivity contribution in [1.29, 1.82) is 0 Å². The third kappa shape index (κ3) is 6.36. The highest BCUT2D eigenvalue weighted by molar-refractivity contribution is 5.83.